The number of carbonyl (C=O) groups is 3. The molecule has 4 saturated carbocycles. The number of Topliss-reactive ketones (excluding diaryl/α,β-unsaturated/α-hetero) is 1. The number of hydrogen-bond donors (Lipinski definition) is 1. The van der Waals surface area contributed by atoms with E-state index in [2.05, 4.69) is 30.1 Å². The number of ketones is 1. The summed E-state index contributed by atoms with van der Waals surface area (Å²) in [6, 6.07) is -0.844. The Labute approximate surface area is 272 Å². The molecule has 1 saturated heterocycles. The Bertz CT molecular complexity index is 1710. The largest absolute Gasteiger partial charge is 0.332 e. The van der Waals surface area contributed by atoms with E-state index in [0.29, 0.717) is 32.2 Å². The Morgan fingerprint density at radius 2 is 1.76 bits per heavy atom. The van der Waals surface area contributed by atoms with Crippen molar-refractivity contribution in [2.24, 2.45) is 46.0 Å². The van der Waals surface area contributed by atoms with Crippen molar-refractivity contribution in [1.82, 2.24) is 19.2 Å². The van der Waals surface area contributed by atoms with Crippen LogP contribution in [-0.4, -0.2) is 72.5 Å². The van der Waals surface area contributed by atoms with Crippen molar-refractivity contribution < 1.29 is 31.2 Å². The molecule has 1 N–H and O–H groups in total. The number of rotatable bonds is 11. The van der Waals surface area contributed by atoms with Gasteiger partial charge in [-0.25, -0.2) is 21.8 Å². The maximum Gasteiger partial charge on any atom is 0.240 e. The third-order valence-electron chi connectivity index (χ3n) is 12.8. The molecule has 0 unspecified atom stereocenters. The minimum absolute atomic E-state index is 0.0143. The molecule has 2 heterocycles. The molecular weight excluding hydrogens is 629 g/mol. The van der Waals surface area contributed by atoms with E-state index in [1.807, 2.05) is 20.8 Å². The minimum Gasteiger partial charge on any atom is -0.332 e. The van der Waals surface area contributed by atoms with E-state index < -0.39 is 59.6 Å². The zero-order valence-corrected chi connectivity index (χ0v) is 29.5. The number of sulfone groups is 1. The summed E-state index contributed by atoms with van der Waals surface area (Å²) < 4.78 is 56.2. The van der Waals surface area contributed by atoms with Crippen molar-refractivity contribution in [2.45, 2.75) is 102 Å². The van der Waals surface area contributed by atoms with E-state index in [9.17, 15) is 31.2 Å². The van der Waals surface area contributed by atoms with Gasteiger partial charge in [0.15, 0.2) is 5.78 Å². The topological polar surface area (TPSA) is 153 Å². The van der Waals surface area contributed by atoms with Gasteiger partial charge in [0.1, 0.15) is 0 Å². The van der Waals surface area contributed by atoms with E-state index in [-0.39, 0.29) is 45.4 Å². The first kappa shape index (κ1) is 33.4. The third-order valence-corrected chi connectivity index (χ3v) is 16.4. The van der Waals surface area contributed by atoms with Crippen LogP contribution in [0.2, 0.25) is 0 Å². The van der Waals surface area contributed by atoms with Crippen molar-refractivity contribution in [3.8, 4) is 0 Å². The minimum atomic E-state index is -3.96. The summed E-state index contributed by atoms with van der Waals surface area (Å²) in [6.45, 7) is 14.1. The molecular formula is C33H48N4O7S2. The van der Waals surface area contributed by atoms with Gasteiger partial charge in [-0.1, -0.05) is 47.1 Å². The molecule has 0 radical (unpaired) electrons. The maximum atomic E-state index is 14.7. The molecule has 6 rings (SSSR count). The molecule has 4 aliphatic carbocycles. The fourth-order valence-electron chi connectivity index (χ4n) is 9.26. The fourth-order valence-corrected chi connectivity index (χ4v) is 12.6. The van der Waals surface area contributed by atoms with Crippen LogP contribution in [-0.2, 0) is 41.3 Å². The lowest BCUT2D eigenvalue weighted by Gasteiger charge is -2.35. The van der Waals surface area contributed by atoms with Gasteiger partial charge >= 0.3 is 0 Å². The standard InChI is InChI=1S/C33H48N4O7S2/c1-8-21-16-31(21,27(40)35-46(43,44)22-10-11-22)18-25(38)24-17-33(30(5,6)32(33)12-9-13-32)20-37(24)26(39)23(29(2,3)4)19-45(41,42)28-34-14-15-36(28)7/h8,14-15,21-24H,1,9-13,16-20H2,2-7H3,(H,35,40)/t21-,23-,24+,31-,33-/m1/s1. The molecule has 1 aromatic rings. The second-order valence-corrected chi connectivity index (χ2v) is 20.3. The number of sulfonamides is 1. The summed E-state index contributed by atoms with van der Waals surface area (Å²) in [5, 5.41) is -0.699. The molecule has 1 aliphatic heterocycles. The molecule has 1 aromatic heterocycles. The van der Waals surface area contributed by atoms with E-state index >= 15 is 0 Å². The van der Waals surface area contributed by atoms with Crippen LogP contribution in [0.15, 0.2) is 30.2 Å². The second-order valence-electron chi connectivity index (χ2n) is 16.4. The van der Waals surface area contributed by atoms with Gasteiger partial charge in [-0.05, 0) is 60.7 Å². The number of hydrogen-bond acceptors (Lipinski definition) is 8. The average molecular weight is 677 g/mol. The quantitative estimate of drug-likeness (QED) is 0.350. The van der Waals surface area contributed by atoms with E-state index in [0.717, 1.165) is 19.3 Å². The predicted octanol–water partition coefficient (Wildman–Crippen LogP) is 3.41. The van der Waals surface area contributed by atoms with Crippen LogP contribution in [0.3, 0.4) is 0 Å². The number of carbonyl (C=O) groups excluding carboxylic acids is 3. The molecule has 46 heavy (non-hydrogen) atoms. The Morgan fingerprint density at radius 1 is 1.11 bits per heavy atom. The number of amides is 2. The van der Waals surface area contributed by atoms with Gasteiger partial charge in [-0.2, -0.15) is 0 Å². The van der Waals surface area contributed by atoms with Crippen LogP contribution >= 0.6 is 0 Å². The summed E-state index contributed by atoms with van der Waals surface area (Å²) >= 11 is 0. The Morgan fingerprint density at radius 3 is 2.22 bits per heavy atom. The average Bonchev–Trinajstić information content (AvgIpc) is 3.85. The van der Waals surface area contributed by atoms with Gasteiger partial charge in [-0.3, -0.25) is 19.1 Å². The number of aromatic nitrogens is 2. The maximum absolute atomic E-state index is 14.7. The summed E-state index contributed by atoms with van der Waals surface area (Å²) in [4.78, 5) is 48.3. The van der Waals surface area contributed by atoms with Crippen LogP contribution < -0.4 is 4.72 Å². The Hall–Kier alpha value is -2.54. The SMILES string of the molecule is C=C[C@@H]1C[C@]1(CC(=O)[C@@H]1C[C@@]2(CN1C(=O)[C@@H](CS(=O)(=O)c1nccn1C)C(C)(C)C)C(C)(C)C21CCC1)C(=O)NS(=O)(=O)C1CC1. The molecule has 5 atom stereocenters. The van der Waals surface area contributed by atoms with E-state index in [1.54, 1.807) is 24.2 Å². The molecule has 11 nitrogen and oxygen atoms in total. The molecule has 5 fully saturated rings. The smallest absolute Gasteiger partial charge is 0.240 e. The first-order valence-electron chi connectivity index (χ1n) is 16.4. The number of nitrogens with zero attached hydrogens (tertiary/aromatic N) is 3. The summed E-state index contributed by atoms with van der Waals surface area (Å²) in [7, 11) is -6.18. The molecule has 2 amide bonds. The van der Waals surface area contributed by atoms with Crippen molar-refractivity contribution >= 4 is 37.5 Å². The number of likely N-dealkylation sites (tertiary alicyclic amines) is 1. The van der Waals surface area contributed by atoms with Gasteiger partial charge in [-0.15, -0.1) is 6.58 Å². The van der Waals surface area contributed by atoms with Gasteiger partial charge in [0.05, 0.1) is 28.4 Å². The highest BCUT2D eigenvalue weighted by Gasteiger charge is 2.85. The van der Waals surface area contributed by atoms with Crippen molar-refractivity contribution in [1.29, 1.82) is 0 Å². The van der Waals surface area contributed by atoms with Gasteiger partial charge in [0, 0.05) is 37.8 Å². The third kappa shape index (κ3) is 4.76. The molecule has 0 aromatic carbocycles. The highest BCUT2D eigenvalue weighted by Crippen LogP contribution is 2.88. The molecule has 13 heteroatoms. The zero-order chi connectivity index (χ0) is 33.9. The van der Waals surface area contributed by atoms with Crippen LogP contribution in [0.5, 0.6) is 0 Å². The van der Waals surface area contributed by atoms with Crippen LogP contribution in [0, 0.1) is 38.9 Å². The van der Waals surface area contributed by atoms with Crippen LogP contribution in [0.4, 0.5) is 0 Å². The normalized spacial score (nSPS) is 31.7. The molecule has 254 valence electrons. The number of allylic oxidation sites excluding steroid dienone is 1. The number of fused-ring (bicyclic) bond motifs is 1. The lowest BCUT2D eigenvalue weighted by atomic mass is 9.73. The second kappa shape index (κ2) is 10.2. The van der Waals surface area contributed by atoms with E-state index in [4.69, 9.17) is 0 Å². The summed E-state index contributed by atoms with van der Waals surface area (Å²) in [6.07, 6.45) is 9.22. The lowest BCUT2D eigenvalue weighted by molar-refractivity contribution is -0.144. The fraction of sp³-hybridized carbons (Fsp3) is 0.758. The summed E-state index contributed by atoms with van der Waals surface area (Å²) in [5.41, 5.74) is -2.38. The van der Waals surface area contributed by atoms with Crippen molar-refractivity contribution in [3.05, 3.63) is 25.0 Å². The van der Waals surface area contributed by atoms with Crippen molar-refractivity contribution in [2.75, 3.05) is 12.3 Å². The predicted molar refractivity (Wildman–Crippen MR) is 171 cm³/mol. The lowest BCUT2D eigenvalue weighted by Crippen LogP contribution is -2.49. The first-order valence-corrected chi connectivity index (χ1v) is 19.6. The number of imidazole rings is 1. The zero-order valence-electron chi connectivity index (χ0n) is 27.8. The van der Waals surface area contributed by atoms with Gasteiger partial charge < -0.3 is 9.47 Å². The summed E-state index contributed by atoms with van der Waals surface area (Å²) in [5.74, 6) is -3.12. The Balaban J connectivity index is 1.32. The Kier molecular flexibility index (Phi) is 7.42. The number of aryl methyl sites for hydroxylation is 1. The number of nitrogens with one attached hydrogen (secondary N) is 1. The molecule has 0 bridgehead atoms. The van der Waals surface area contributed by atoms with Gasteiger partial charge in [0.25, 0.3) is 0 Å². The van der Waals surface area contributed by atoms with Crippen molar-refractivity contribution in [3.63, 3.8) is 0 Å². The highest BCUT2D eigenvalue weighted by atomic mass is 32.2. The van der Waals surface area contributed by atoms with Crippen LogP contribution in [0.25, 0.3) is 0 Å². The molecule has 5 aliphatic rings. The monoisotopic (exact) mass is 676 g/mol. The van der Waals surface area contributed by atoms with Crippen LogP contribution in [0.1, 0.15) is 86.0 Å². The molecule has 2 spiro atoms. The van der Waals surface area contributed by atoms with E-state index in [1.165, 1.54) is 10.8 Å². The first-order chi connectivity index (χ1) is 21.2. The highest BCUT2D eigenvalue weighted by molar-refractivity contribution is 7.91. The van der Waals surface area contributed by atoms with Gasteiger partial charge in [0.2, 0.25) is 36.8 Å².